The van der Waals surface area contributed by atoms with Gasteiger partial charge in [0, 0.05) is 38.4 Å². The first-order valence-electron chi connectivity index (χ1n) is 5.59. The van der Waals surface area contributed by atoms with Gasteiger partial charge in [-0.3, -0.25) is 9.69 Å². The van der Waals surface area contributed by atoms with Crippen molar-refractivity contribution < 1.29 is 9.53 Å². The third kappa shape index (κ3) is 3.15. The Morgan fingerprint density at radius 1 is 1.40 bits per heavy atom. The lowest BCUT2D eigenvalue weighted by atomic mass is 10.1. The second-order valence-corrected chi connectivity index (χ2v) is 4.41. The maximum atomic E-state index is 11.6. The minimum Gasteiger partial charge on any atom is -0.381 e. The lowest BCUT2D eigenvalue weighted by molar-refractivity contribution is -0.124. The summed E-state index contributed by atoms with van der Waals surface area (Å²) in [5.74, 6) is 0.119. The molecule has 2 heterocycles. The number of nitrogens with one attached hydrogen (secondary N) is 1. The van der Waals surface area contributed by atoms with Crippen molar-refractivity contribution in [2.24, 2.45) is 5.73 Å². The Morgan fingerprint density at radius 2 is 2.07 bits per heavy atom. The van der Waals surface area contributed by atoms with E-state index < -0.39 is 0 Å². The molecule has 0 saturated carbocycles. The molecule has 2 rings (SSSR count). The molecule has 1 amide bonds. The third-order valence-electron chi connectivity index (χ3n) is 2.94. The first-order valence-corrected chi connectivity index (χ1v) is 5.59. The van der Waals surface area contributed by atoms with Gasteiger partial charge in [-0.2, -0.15) is 0 Å². The molecule has 0 aromatic rings. The fourth-order valence-electron chi connectivity index (χ4n) is 2.06. The van der Waals surface area contributed by atoms with E-state index in [-0.39, 0.29) is 11.9 Å². The van der Waals surface area contributed by atoms with Crippen LogP contribution in [0.1, 0.15) is 12.8 Å². The van der Waals surface area contributed by atoms with Crippen LogP contribution in [-0.2, 0) is 9.53 Å². The highest BCUT2D eigenvalue weighted by Crippen LogP contribution is 2.07. The van der Waals surface area contributed by atoms with Crippen LogP contribution in [0.5, 0.6) is 0 Å². The summed E-state index contributed by atoms with van der Waals surface area (Å²) < 4.78 is 5.23. The van der Waals surface area contributed by atoms with E-state index >= 15 is 0 Å². The Balaban J connectivity index is 1.63. The summed E-state index contributed by atoms with van der Waals surface area (Å²) in [6.07, 6.45) is 1.87. The fourth-order valence-corrected chi connectivity index (χ4v) is 2.06. The minimum absolute atomic E-state index is 0.119. The standard InChI is InChI=1S/C10H19N3O2/c11-8-5-13(6-8)7-10(14)12-9-1-3-15-4-2-9/h8-9H,1-7,11H2,(H,12,14). The lowest BCUT2D eigenvalue weighted by Gasteiger charge is -2.36. The van der Waals surface area contributed by atoms with Crippen molar-refractivity contribution in [2.45, 2.75) is 24.9 Å². The largest absolute Gasteiger partial charge is 0.381 e. The quantitative estimate of drug-likeness (QED) is 0.626. The van der Waals surface area contributed by atoms with Crippen molar-refractivity contribution in [2.75, 3.05) is 32.8 Å². The van der Waals surface area contributed by atoms with Gasteiger partial charge in [0.2, 0.25) is 5.91 Å². The van der Waals surface area contributed by atoms with Crippen LogP contribution in [0.15, 0.2) is 0 Å². The molecule has 0 radical (unpaired) electrons. The number of amides is 1. The highest BCUT2D eigenvalue weighted by atomic mass is 16.5. The van der Waals surface area contributed by atoms with Gasteiger partial charge < -0.3 is 15.8 Å². The molecule has 0 aromatic carbocycles. The van der Waals surface area contributed by atoms with Gasteiger partial charge in [0.1, 0.15) is 0 Å². The van der Waals surface area contributed by atoms with Crippen LogP contribution >= 0.6 is 0 Å². The summed E-state index contributed by atoms with van der Waals surface area (Å²) in [4.78, 5) is 13.7. The molecule has 0 aliphatic carbocycles. The smallest absolute Gasteiger partial charge is 0.234 e. The average Bonchev–Trinajstić information content (AvgIpc) is 2.17. The number of hydrogen-bond donors (Lipinski definition) is 2. The number of ether oxygens (including phenoxy) is 1. The van der Waals surface area contributed by atoms with E-state index in [1.807, 2.05) is 0 Å². The summed E-state index contributed by atoms with van der Waals surface area (Å²) in [5, 5.41) is 3.03. The zero-order chi connectivity index (χ0) is 10.7. The van der Waals surface area contributed by atoms with Gasteiger partial charge in [-0.05, 0) is 12.8 Å². The Bertz CT molecular complexity index is 223. The van der Waals surface area contributed by atoms with E-state index in [0.717, 1.165) is 39.1 Å². The predicted molar refractivity (Wildman–Crippen MR) is 56.4 cm³/mol. The van der Waals surface area contributed by atoms with Gasteiger partial charge in [-0.25, -0.2) is 0 Å². The van der Waals surface area contributed by atoms with Crippen molar-refractivity contribution in [3.63, 3.8) is 0 Å². The van der Waals surface area contributed by atoms with E-state index in [4.69, 9.17) is 10.5 Å². The van der Waals surface area contributed by atoms with Crippen molar-refractivity contribution in [3.8, 4) is 0 Å². The van der Waals surface area contributed by atoms with Crippen molar-refractivity contribution >= 4 is 5.91 Å². The molecule has 15 heavy (non-hydrogen) atoms. The number of carbonyl (C=O) groups excluding carboxylic acids is 1. The maximum absolute atomic E-state index is 11.6. The predicted octanol–water partition coefficient (Wildman–Crippen LogP) is -1.08. The van der Waals surface area contributed by atoms with Crippen LogP contribution in [0.3, 0.4) is 0 Å². The Kier molecular flexibility index (Phi) is 3.56. The molecule has 0 atom stereocenters. The highest BCUT2D eigenvalue weighted by Gasteiger charge is 2.25. The number of likely N-dealkylation sites (tertiary alicyclic amines) is 1. The Hall–Kier alpha value is -0.650. The molecule has 0 bridgehead atoms. The molecular formula is C10H19N3O2. The van der Waals surface area contributed by atoms with E-state index in [1.165, 1.54) is 0 Å². The number of nitrogens with zero attached hydrogens (tertiary/aromatic N) is 1. The third-order valence-corrected chi connectivity index (χ3v) is 2.94. The van der Waals surface area contributed by atoms with E-state index in [9.17, 15) is 4.79 Å². The zero-order valence-electron chi connectivity index (χ0n) is 8.95. The topological polar surface area (TPSA) is 67.6 Å². The summed E-state index contributed by atoms with van der Waals surface area (Å²) in [5.41, 5.74) is 5.64. The van der Waals surface area contributed by atoms with Crippen LogP contribution in [-0.4, -0.2) is 55.7 Å². The molecule has 86 valence electrons. The molecule has 2 aliphatic rings. The second kappa shape index (κ2) is 4.92. The van der Waals surface area contributed by atoms with Crippen LogP contribution in [0.4, 0.5) is 0 Å². The van der Waals surface area contributed by atoms with Crippen molar-refractivity contribution in [1.82, 2.24) is 10.2 Å². The molecule has 0 aromatic heterocycles. The summed E-state index contributed by atoms with van der Waals surface area (Å²) in [6.45, 7) is 3.71. The SMILES string of the molecule is NC1CN(CC(=O)NC2CCOCC2)C1. The van der Waals surface area contributed by atoms with Crippen molar-refractivity contribution in [3.05, 3.63) is 0 Å². The highest BCUT2D eigenvalue weighted by molar-refractivity contribution is 5.78. The number of carbonyl (C=O) groups is 1. The van der Waals surface area contributed by atoms with Crippen LogP contribution in [0, 0.1) is 0 Å². The average molecular weight is 213 g/mol. The molecule has 2 fully saturated rings. The molecule has 3 N–H and O–H groups in total. The molecule has 5 nitrogen and oxygen atoms in total. The number of rotatable bonds is 3. The molecule has 0 spiro atoms. The Labute approximate surface area is 89.9 Å². The first kappa shape index (κ1) is 10.9. The summed E-state index contributed by atoms with van der Waals surface area (Å²) in [7, 11) is 0. The van der Waals surface area contributed by atoms with E-state index in [2.05, 4.69) is 10.2 Å². The lowest BCUT2D eigenvalue weighted by Crippen LogP contribution is -2.58. The van der Waals surface area contributed by atoms with Gasteiger partial charge in [0.15, 0.2) is 0 Å². The molecular weight excluding hydrogens is 194 g/mol. The van der Waals surface area contributed by atoms with Crippen molar-refractivity contribution in [1.29, 1.82) is 0 Å². The minimum atomic E-state index is 0.119. The van der Waals surface area contributed by atoms with Crippen LogP contribution in [0.25, 0.3) is 0 Å². The monoisotopic (exact) mass is 213 g/mol. The van der Waals surface area contributed by atoms with Gasteiger partial charge >= 0.3 is 0 Å². The summed E-state index contributed by atoms with van der Waals surface area (Å²) in [6, 6.07) is 0.571. The number of nitrogens with two attached hydrogens (primary N) is 1. The van der Waals surface area contributed by atoms with E-state index in [0.29, 0.717) is 12.6 Å². The van der Waals surface area contributed by atoms with Gasteiger partial charge in [-0.1, -0.05) is 0 Å². The van der Waals surface area contributed by atoms with Crippen LogP contribution in [0.2, 0.25) is 0 Å². The summed E-state index contributed by atoms with van der Waals surface area (Å²) >= 11 is 0. The van der Waals surface area contributed by atoms with Crippen LogP contribution < -0.4 is 11.1 Å². The maximum Gasteiger partial charge on any atom is 0.234 e. The molecule has 2 saturated heterocycles. The molecule has 0 unspecified atom stereocenters. The fraction of sp³-hybridized carbons (Fsp3) is 0.900. The molecule has 2 aliphatic heterocycles. The second-order valence-electron chi connectivity index (χ2n) is 4.41. The van der Waals surface area contributed by atoms with E-state index in [1.54, 1.807) is 0 Å². The Morgan fingerprint density at radius 3 is 2.67 bits per heavy atom. The number of hydrogen-bond acceptors (Lipinski definition) is 4. The zero-order valence-corrected chi connectivity index (χ0v) is 8.95. The molecule has 5 heteroatoms. The normalized spacial score (nSPS) is 24.9. The van der Waals surface area contributed by atoms with Gasteiger partial charge in [0.25, 0.3) is 0 Å². The van der Waals surface area contributed by atoms with Gasteiger partial charge in [-0.15, -0.1) is 0 Å². The van der Waals surface area contributed by atoms with Gasteiger partial charge in [0.05, 0.1) is 6.54 Å². The first-order chi connectivity index (χ1) is 7.24.